The molecule has 8 heteroatoms. The van der Waals surface area contributed by atoms with Crippen molar-refractivity contribution in [1.82, 2.24) is 0 Å². The zero-order valence-electron chi connectivity index (χ0n) is 23.1. The summed E-state index contributed by atoms with van der Waals surface area (Å²) in [7, 11) is -2.31. The van der Waals surface area contributed by atoms with Gasteiger partial charge in [-0.1, -0.05) is 84.0 Å². The van der Waals surface area contributed by atoms with Crippen molar-refractivity contribution in [2.75, 3.05) is 38.4 Å². The van der Waals surface area contributed by atoms with Crippen molar-refractivity contribution in [1.29, 1.82) is 0 Å². The Hall–Kier alpha value is 0.978. The van der Waals surface area contributed by atoms with Gasteiger partial charge in [-0.2, -0.15) is 0 Å². The summed E-state index contributed by atoms with van der Waals surface area (Å²) in [6.07, 6.45) is 19.3. The summed E-state index contributed by atoms with van der Waals surface area (Å²) in [6, 6.07) is 0. The number of phosphoric acid groups is 1. The predicted octanol–water partition coefficient (Wildman–Crippen LogP) is 8.94. The number of hydrogen-bond donors (Lipinski definition) is 1. The van der Waals surface area contributed by atoms with Crippen LogP contribution < -0.4 is 0 Å². The molecule has 2 atom stereocenters. The van der Waals surface area contributed by atoms with E-state index in [0.29, 0.717) is 13.2 Å². The summed E-state index contributed by atoms with van der Waals surface area (Å²) in [4.78, 5) is 9.92. The second-order valence-electron chi connectivity index (χ2n) is 10.6. The molecule has 2 unspecified atom stereocenters. The molecule has 0 saturated carbocycles. The Morgan fingerprint density at radius 2 is 1.29 bits per heavy atom. The fourth-order valence-corrected chi connectivity index (χ4v) is 7.25. The maximum absolute atomic E-state index is 12.1. The van der Waals surface area contributed by atoms with Crippen molar-refractivity contribution >= 4 is 33.1 Å². The van der Waals surface area contributed by atoms with Crippen LogP contribution in [0.4, 0.5) is 0 Å². The number of unbranched alkanes of at least 4 members (excludes halogenated alkanes) is 13. The van der Waals surface area contributed by atoms with E-state index in [-0.39, 0.29) is 12.5 Å². The first-order chi connectivity index (χ1) is 16.2. The number of phosphoric ester groups is 1. The first kappa shape index (κ1) is 35.0. The van der Waals surface area contributed by atoms with E-state index in [2.05, 4.69) is 24.1 Å². The minimum absolute atomic E-state index is 0.102. The van der Waals surface area contributed by atoms with Crippen LogP contribution >= 0.6 is 19.6 Å². The van der Waals surface area contributed by atoms with Gasteiger partial charge >= 0.3 is 136 Å². The van der Waals surface area contributed by atoms with Gasteiger partial charge in [-0.05, 0) is 0 Å². The van der Waals surface area contributed by atoms with Crippen LogP contribution in [0.25, 0.3) is 0 Å². The fourth-order valence-electron chi connectivity index (χ4n) is 3.70. The zero-order chi connectivity index (χ0) is 25.5. The van der Waals surface area contributed by atoms with Crippen LogP contribution in [-0.2, 0) is 18.3 Å². The molecule has 0 saturated heterocycles. The van der Waals surface area contributed by atoms with Crippen molar-refractivity contribution in [3.63, 3.8) is 0 Å². The number of thioether (sulfide) groups is 1. The van der Waals surface area contributed by atoms with E-state index in [1.54, 1.807) is 7.11 Å². The van der Waals surface area contributed by atoms with Gasteiger partial charge in [0.15, 0.2) is 0 Å². The van der Waals surface area contributed by atoms with E-state index in [1.807, 2.05) is 11.8 Å². The van der Waals surface area contributed by atoms with E-state index >= 15 is 0 Å². The monoisotopic (exact) mass is 587 g/mol. The van der Waals surface area contributed by atoms with Crippen molar-refractivity contribution in [2.45, 2.75) is 119 Å². The van der Waals surface area contributed by atoms with E-state index in [9.17, 15) is 9.46 Å². The van der Waals surface area contributed by atoms with Crippen LogP contribution in [-0.4, -0.2) is 56.9 Å². The summed E-state index contributed by atoms with van der Waals surface area (Å²) in [5, 5.41) is 0.878. The Labute approximate surface area is 219 Å². The van der Waals surface area contributed by atoms with Gasteiger partial charge in [-0.15, -0.1) is 0 Å². The predicted molar refractivity (Wildman–Crippen MR) is 153 cm³/mol. The third-order valence-electron chi connectivity index (χ3n) is 5.89. The molecule has 0 spiro atoms. The van der Waals surface area contributed by atoms with E-state index in [0.717, 1.165) is 16.7 Å². The molecule has 1 radical (unpaired) electrons. The molecule has 0 aromatic carbocycles. The van der Waals surface area contributed by atoms with Gasteiger partial charge in [-0.3, -0.25) is 0 Å². The summed E-state index contributed by atoms with van der Waals surface area (Å²) >= 11 is 0.270. The van der Waals surface area contributed by atoms with Crippen molar-refractivity contribution in [3.05, 3.63) is 0 Å². The van der Waals surface area contributed by atoms with E-state index in [4.69, 9.17) is 13.8 Å². The number of rotatable bonds is 26. The second-order valence-corrected chi connectivity index (χ2v) is 23.8. The molecular weight excluding hydrogens is 530 g/mol. The molecular formula is C26H57AsO5PS. The SMILES string of the molecule is CCCCCCCCCCCCCCCCSCC(COC)COP(=O)(O)OCC[As](C)(C)C. The van der Waals surface area contributed by atoms with Gasteiger partial charge in [0.1, 0.15) is 0 Å². The molecule has 0 aliphatic rings. The third-order valence-corrected chi connectivity index (χ3v) is 11.4. The van der Waals surface area contributed by atoms with Crippen molar-refractivity contribution in [2.24, 2.45) is 5.92 Å². The van der Waals surface area contributed by atoms with Gasteiger partial charge in [-0.25, -0.2) is 0 Å². The average Bonchev–Trinajstić information content (AvgIpc) is 2.76. The van der Waals surface area contributed by atoms with Crippen molar-refractivity contribution < 1.29 is 23.2 Å². The first-order valence-electron chi connectivity index (χ1n) is 13.7. The van der Waals surface area contributed by atoms with Gasteiger partial charge in [0.2, 0.25) is 0 Å². The molecule has 207 valence electrons. The number of ether oxygens (including phenoxy) is 1. The molecule has 0 fully saturated rings. The van der Waals surface area contributed by atoms with Crippen molar-refractivity contribution in [3.8, 4) is 0 Å². The van der Waals surface area contributed by atoms with Crippen LogP contribution in [0, 0.1) is 5.92 Å². The van der Waals surface area contributed by atoms with Crippen LogP contribution in [0.15, 0.2) is 0 Å². The van der Waals surface area contributed by atoms with Gasteiger partial charge in [0.25, 0.3) is 0 Å². The Morgan fingerprint density at radius 1 is 0.794 bits per heavy atom. The average molecular weight is 588 g/mol. The molecule has 0 aromatic rings. The molecule has 0 rings (SSSR count). The quantitative estimate of drug-likeness (QED) is 0.0619. The summed E-state index contributed by atoms with van der Waals surface area (Å²) < 4.78 is 27.8. The molecule has 0 amide bonds. The summed E-state index contributed by atoms with van der Waals surface area (Å²) in [5.74, 6) is 2.11. The van der Waals surface area contributed by atoms with E-state index < -0.39 is 21.4 Å². The molecule has 0 aromatic heterocycles. The standard InChI is InChI=1S/C26H57AsO5PS/c1-6-7-8-9-10-11-12-13-14-15-16-17-18-19-22-34-25-26(23-30-5)24-32-33(28,29)31-21-20-27(2,3)4/h26H,6-25H2,1-5H3,(H,28,29). The Morgan fingerprint density at radius 3 is 1.76 bits per heavy atom. The topological polar surface area (TPSA) is 65.0 Å². The third kappa shape index (κ3) is 26.1. The van der Waals surface area contributed by atoms with Crippen LogP contribution in [0.1, 0.15) is 96.8 Å². The first-order valence-corrected chi connectivity index (χ1v) is 23.3. The van der Waals surface area contributed by atoms with Gasteiger partial charge < -0.3 is 0 Å². The minimum atomic E-state index is -3.97. The molecule has 5 nitrogen and oxygen atoms in total. The van der Waals surface area contributed by atoms with Crippen LogP contribution in [0.2, 0.25) is 22.3 Å². The second kappa shape index (κ2) is 23.1. The van der Waals surface area contributed by atoms with E-state index in [1.165, 1.54) is 89.9 Å². The fraction of sp³-hybridized carbons (Fsp3) is 1.00. The molecule has 0 bridgehead atoms. The molecule has 34 heavy (non-hydrogen) atoms. The van der Waals surface area contributed by atoms with Gasteiger partial charge in [0.05, 0.1) is 0 Å². The van der Waals surface area contributed by atoms with Crippen LogP contribution in [0.5, 0.6) is 0 Å². The Kier molecular flexibility index (Phi) is 23.8. The number of hydrogen-bond acceptors (Lipinski definition) is 5. The summed E-state index contributed by atoms with van der Waals surface area (Å²) in [5.41, 5.74) is 6.73. The molecule has 0 heterocycles. The molecule has 0 aliphatic heterocycles. The van der Waals surface area contributed by atoms with Gasteiger partial charge in [0, 0.05) is 0 Å². The summed E-state index contributed by atoms with van der Waals surface area (Å²) in [6.45, 7) is 3.30. The Balaban J connectivity index is 3.65. The number of methoxy groups -OCH3 is 1. The molecule has 1 N–H and O–H groups in total. The zero-order valence-corrected chi connectivity index (χ0v) is 26.7. The van der Waals surface area contributed by atoms with Crippen LogP contribution in [0.3, 0.4) is 0 Å². The Bertz CT molecular complexity index is 490. The molecule has 0 aliphatic carbocycles. The normalized spacial score (nSPS) is 14.9. The maximum atomic E-state index is 12.1.